The van der Waals surface area contributed by atoms with Crippen molar-refractivity contribution in [1.82, 2.24) is 5.43 Å². The largest absolute Gasteiger partial charge is 0.496 e. The zero-order valence-corrected chi connectivity index (χ0v) is 19.4. The molecule has 0 bridgehead atoms. The number of carbonyl (C=O) groups is 1. The first kappa shape index (κ1) is 23.8. The Balaban J connectivity index is 1.73. The quantitative estimate of drug-likeness (QED) is 0.366. The second kappa shape index (κ2) is 9.72. The van der Waals surface area contributed by atoms with Gasteiger partial charge < -0.3 is 14.4 Å². The lowest BCUT2D eigenvalue weighted by Gasteiger charge is -2.43. The van der Waals surface area contributed by atoms with Gasteiger partial charge in [0.15, 0.2) is 12.4 Å². The number of nitrogens with zero attached hydrogens (tertiary/aromatic N) is 3. The Kier molecular flexibility index (Phi) is 7.01. The maximum atomic E-state index is 12.1. The van der Waals surface area contributed by atoms with Gasteiger partial charge in [-0.3, -0.25) is 14.9 Å². The molecule has 1 aliphatic rings. The van der Waals surface area contributed by atoms with Gasteiger partial charge in [0, 0.05) is 35.5 Å². The topological polar surface area (TPSA) is 106 Å². The highest BCUT2D eigenvalue weighted by atomic mass is 16.6. The first-order valence-electron chi connectivity index (χ1n) is 10.6. The highest BCUT2D eigenvalue weighted by molar-refractivity contribution is 5.91. The van der Waals surface area contributed by atoms with E-state index in [2.05, 4.69) is 49.2 Å². The lowest BCUT2D eigenvalue weighted by molar-refractivity contribution is -0.385. The molecule has 0 atom stereocenters. The van der Waals surface area contributed by atoms with E-state index in [4.69, 9.17) is 9.47 Å². The van der Waals surface area contributed by atoms with Crippen LogP contribution in [0.15, 0.2) is 47.6 Å². The summed E-state index contributed by atoms with van der Waals surface area (Å²) in [6.07, 6.45) is 3.74. The molecular weight excluding hydrogens is 424 g/mol. The molecule has 0 radical (unpaired) electrons. The molecule has 2 aromatic rings. The van der Waals surface area contributed by atoms with Gasteiger partial charge in [0.25, 0.3) is 5.91 Å². The van der Waals surface area contributed by atoms with E-state index in [0.717, 1.165) is 23.4 Å². The number of likely N-dealkylation sites (N-methyl/N-ethyl adjacent to an activating group) is 1. The average Bonchev–Trinajstić information content (AvgIpc) is 2.77. The van der Waals surface area contributed by atoms with Crippen LogP contribution in [-0.2, 0) is 4.79 Å². The summed E-state index contributed by atoms with van der Waals surface area (Å²) in [5.74, 6) is 0.104. The highest BCUT2D eigenvalue weighted by Crippen LogP contribution is 2.41. The van der Waals surface area contributed by atoms with Gasteiger partial charge in [-0.05, 0) is 45.4 Å². The molecule has 2 aromatic carbocycles. The summed E-state index contributed by atoms with van der Waals surface area (Å²) in [6, 6.07) is 9.83. The fourth-order valence-corrected chi connectivity index (χ4v) is 4.06. The number of nitro groups is 1. The molecule has 1 heterocycles. The standard InChI is InChI=1S/C24H28N4O5/c1-6-27-20-12-22(32-5)17(11-18(20)16(2)13-24(27,3)4)14-25-26-23(29)15-33-21-10-8-7-9-19(21)28(30)31/h7-14H,6,15H2,1-5H3,(H,26,29)/b25-14+. The molecule has 33 heavy (non-hydrogen) atoms. The third-order valence-corrected chi connectivity index (χ3v) is 5.46. The third-order valence-electron chi connectivity index (χ3n) is 5.46. The van der Waals surface area contributed by atoms with Crippen LogP contribution in [0, 0.1) is 10.1 Å². The van der Waals surface area contributed by atoms with E-state index in [0.29, 0.717) is 11.3 Å². The number of benzene rings is 2. The minimum atomic E-state index is -0.565. The van der Waals surface area contributed by atoms with Crippen LogP contribution < -0.4 is 19.8 Å². The summed E-state index contributed by atoms with van der Waals surface area (Å²) >= 11 is 0. The molecule has 0 saturated heterocycles. The zero-order chi connectivity index (χ0) is 24.2. The van der Waals surface area contributed by atoms with Gasteiger partial charge in [0.2, 0.25) is 0 Å². The van der Waals surface area contributed by atoms with E-state index < -0.39 is 17.4 Å². The van der Waals surface area contributed by atoms with Gasteiger partial charge in [-0.2, -0.15) is 5.10 Å². The van der Waals surface area contributed by atoms with Crippen molar-refractivity contribution in [2.75, 3.05) is 25.2 Å². The van der Waals surface area contributed by atoms with Gasteiger partial charge in [-0.25, -0.2) is 5.43 Å². The van der Waals surface area contributed by atoms with Gasteiger partial charge in [-0.1, -0.05) is 18.2 Å². The number of hydrogen-bond donors (Lipinski definition) is 1. The first-order chi connectivity index (χ1) is 15.7. The predicted molar refractivity (Wildman–Crippen MR) is 128 cm³/mol. The van der Waals surface area contributed by atoms with E-state index in [-0.39, 0.29) is 17.0 Å². The van der Waals surface area contributed by atoms with Gasteiger partial charge >= 0.3 is 5.69 Å². The summed E-state index contributed by atoms with van der Waals surface area (Å²) in [7, 11) is 1.59. The molecule has 0 aromatic heterocycles. The minimum Gasteiger partial charge on any atom is -0.496 e. The lowest BCUT2D eigenvalue weighted by Crippen LogP contribution is -2.44. The maximum Gasteiger partial charge on any atom is 0.310 e. The molecule has 1 N–H and O–H groups in total. The van der Waals surface area contributed by atoms with E-state index in [1.54, 1.807) is 13.2 Å². The number of rotatable bonds is 8. The number of nitrogens with one attached hydrogen (secondary N) is 1. The van der Waals surface area contributed by atoms with Crippen LogP contribution >= 0.6 is 0 Å². The Morgan fingerprint density at radius 3 is 2.67 bits per heavy atom. The fourth-order valence-electron chi connectivity index (χ4n) is 4.06. The van der Waals surface area contributed by atoms with Crippen LogP contribution in [0.3, 0.4) is 0 Å². The van der Waals surface area contributed by atoms with Crippen LogP contribution in [0.25, 0.3) is 5.57 Å². The fraction of sp³-hybridized carbons (Fsp3) is 0.333. The molecule has 9 nitrogen and oxygen atoms in total. The molecule has 9 heteroatoms. The number of hydrazone groups is 1. The van der Waals surface area contributed by atoms with Crippen molar-refractivity contribution in [3.63, 3.8) is 0 Å². The monoisotopic (exact) mass is 452 g/mol. The number of amides is 1. The minimum absolute atomic E-state index is 0.0173. The molecule has 174 valence electrons. The van der Waals surface area contributed by atoms with Crippen LogP contribution in [-0.4, -0.2) is 42.8 Å². The molecule has 0 saturated carbocycles. The van der Waals surface area contributed by atoms with E-state index in [1.165, 1.54) is 24.4 Å². The molecular formula is C24H28N4O5. The number of allylic oxidation sites excluding steroid dienone is 1. The number of methoxy groups -OCH3 is 1. The number of ether oxygens (including phenoxy) is 2. The number of hydrogen-bond acceptors (Lipinski definition) is 7. The summed E-state index contributed by atoms with van der Waals surface area (Å²) < 4.78 is 10.8. The summed E-state index contributed by atoms with van der Waals surface area (Å²) in [5.41, 5.74) is 6.07. The molecule has 0 spiro atoms. The van der Waals surface area contributed by atoms with Crippen LogP contribution in [0.5, 0.6) is 11.5 Å². The van der Waals surface area contributed by atoms with Crippen molar-refractivity contribution in [2.45, 2.75) is 33.2 Å². The number of anilines is 1. The SMILES string of the molecule is CCN1c2cc(OC)c(/C=N/NC(=O)COc3ccccc3[N+](=O)[O-])cc2C(C)=CC1(C)C. The molecule has 0 unspecified atom stereocenters. The van der Waals surface area contributed by atoms with E-state index in [9.17, 15) is 14.9 Å². The second-order valence-electron chi connectivity index (χ2n) is 8.14. The summed E-state index contributed by atoms with van der Waals surface area (Å²) in [6.45, 7) is 8.97. The number of carbonyl (C=O) groups excluding carboxylic acids is 1. The van der Waals surface area contributed by atoms with Crippen molar-refractivity contribution in [1.29, 1.82) is 0 Å². The highest BCUT2D eigenvalue weighted by Gasteiger charge is 2.31. The van der Waals surface area contributed by atoms with Crippen molar-refractivity contribution in [2.24, 2.45) is 5.10 Å². The summed E-state index contributed by atoms with van der Waals surface area (Å²) in [4.78, 5) is 24.9. The van der Waals surface area contributed by atoms with Crippen LogP contribution in [0.4, 0.5) is 11.4 Å². The van der Waals surface area contributed by atoms with Gasteiger partial charge in [0.05, 0.1) is 23.8 Å². The third kappa shape index (κ3) is 5.14. The van der Waals surface area contributed by atoms with Gasteiger partial charge in [0.1, 0.15) is 5.75 Å². The molecule has 1 amide bonds. The smallest absolute Gasteiger partial charge is 0.310 e. The number of nitro benzene ring substituents is 1. The molecule has 3 rings (SSSR count). The van der Waals surface area contributed by atoms with Crippen molar-refractivity contribution in [3.05, 3.63) is 63.7 Å². The molecule has 1 aliphatic heterocycles. The van der Waals surface area contributed by atoms with Crippen molar-refractivity contribution >= 4 is 29.1 Å². The van der Waals surface area contributed by atoms with Crippen molar-refractivity contribution in [3.8, 4) is 11.5 Å². The van der Waals surface area contributed by atoms with Crippen molar-refractivity contribution < 1.29 is 19.2 Å². The van der Waals surface area contributed by atoms with E-state index >= 15 is 0 Å². The predicted octanol–water partition coefficient (Wildman–Crippen LogP) is 4.15. The van der Waals surface area contributed by atoms with Crippen LogP contribution in [0.1, 0.15) is 38.8 Å². The Hall–Kier alpha value is -3.88. The van der Waals surface area contributed by atoms with E-state index in [1.807, 2.05) is 12.1 Å². The van der Waals surface area contributed by atoms with Crippen LogP contribution in [0.2, 0.25) is 0 Å². The Morgan fingerprint density at radius 2 is 2.00 bits per heavy atom. The average molecular weight is 453 g/mol. The summed E-state index contributed by atoms with van der Waals surface area (Å²) in [5, 5.41) is 15.0. The van der Waals surface area contributed by atoms with Gasteiger partial charge in [-0.15, -0.1) is 0 Å². The normalized spacial score (nSPS) is 14.5. The first-order valence-corrected chi connectivity index (χ1v) is 10.6. The molecule has 0 fully saturated rings. The number of para-hydroxylation sites is 2. The Bertz CT molecular complexity index is 1120. The molecule has 0 aliphatic carbocycles. The second-order valence-corrected chi connectivity index (χ2v) is 8.14. The Morgan fingerprint density at radius 1 is 1.27 bits per heavy atom. The Labute approximate surface area is 192 Å². The lowest BCUT2D eigenvalue weighted by atomic mass is 9.88. The zero-order valence-electron chi connectivity index (χ0n) is 19.4. The maximum absolute atomic E-state index is 12.1. The number of fused-ring (bicyclic) bond motifs is 1.